The van der Waals surface area contributed by atoms with E-state index >= 15 is 0 Å². The van der Waals surface area contributed by atoms with E-state index in [2.05, 4.69) is 27.2 Å². The largest absolute Gasteiger partial charge is 0.368 e. The maximum atomic E-state index is 12.7. The fraction of sp³-hybridized carbons (Fsp3) is 0.429. The van der Waals surface area contributed by atoms with Crippen LogP contribution in [-0.2, 0) is 16.1 Å². The molecule has 158 valence electrons. The molecule has 3 N–H and O–H groups in total. The van der Waals surface area contributed by atoms with Gasteiger partial charge in [-0.25, -0.2) is 4.98 Å². The van der Waals surface area contributed by atoms with Crippen LogP contribution in [0.5, 0.6) is 0 Å². The van der Waals surface area contributed by atoms with Crippen molar-refractivity contribution < 1.29 is 9.59 Å². The second kappa shape index (κ2) is 8.93. The lowest BCUT2D eigenvalue weighted by molar-refractivity contribution is -0.119. The van der Waals surface area contributed by atoms with Gasteiger partial charge in [0.05, 0.1) is 11.4 Å². The van der Waals surface area contributed by atoms with Crippen LogP contribution in [0.3, 0.4) is 0 Å². The van der Waals surface area contributed by atoms with Gasteiger partial charge in [-0.15, -0.1) is 11.3 Å². The molecule has 2 aromatic rings. The van der Waals surface area contributed by atoms with Gasteiger partial charge in [-0.1, -0.05) is 25.1 Å². The number of thiazole rings is 1. The number of anilines is 2. The highest BCUT2D eigenvalue weighted by molar-refractivity contribution is 7.14. The van der Waals surface area contributed by atoms with Crippen LogP contribution < -0.4 is 16.1 Å². The van der Waals surface area contributed by atoms with Crippen LogP contribution in [-0.4, -0.2) is 46.5 Å². The van der Waals surface area contributed by atoms with Crippen LogP contribution in [0.4, 0.5) is 10.8 Å². The Labute approximate surface area is 179 Å². The molecule has 1 fully saturated rings. The van der Waals surface area contributed by atoms with Gasteiger partial charge in [0.1, 0.15) is 11.8 Å². The number of nitrogens with one attached hydrogen (secondary N) is 1. The molecule has 4 rings (SSSR count). The number of hydrogen-bond donors (Lipinski definition) is 2. The van der Waals surface area contributed by atoms with Gasteiger partial charge < -0.3 is 5.73 Å². The Balaban J connectivity index is 1.40. The molecule has 1 atom stereocenters. The number of nitrogens with two attached hydrogens (primary N) is 1. The standard InChI is InChI=1S/C21H26N6O2S/c1-14-7-9-26(10-8-14)12-15-13-30-21(23-15)24-20(29)17-11-18(19(22)28)27(25-17)16-5-3-2-4-6-16/h2-6,13-14,18H,7-12H2,1H3,(H2,22,28)(H,23,24,29). The monoisotopic (exact) mass is 426 g/mol. The van der Waals surface area contributed by atoms with E-state index < -0.39 is 11.9 Å². The third kappa shape index (κ3) is 4.68. The van der Waals surface area contributed by atoms with Gasteiger partial charge in [0.25, 0.3) is 5.91 Å². The molecule has 9 heteroatoms. The molecule has 0 bridgehead atoms. The molecule has 1 saturated heterocycles. The zero-order valence-electron chi connectivity index (χ0n) is 17.0. The summed E-state index contributed by atoms with van der Waals surface area (Å²) in [6, 6.07) is 8.55. The topological polar surface area (TPSA) is 104 Å². The molecule has 3 heterocycles. The molecule has 2 amide bonds. The summed E-state index contributed by atoms with van der Waals surface area (Å²) in [6.07, 6.45) is 2.60. The number of hydrazone groups is 1. The molecule has 2 aliphatic heterocycles. The fourth-order valence-corrected chi connectivity index (χ4v) is 4.44. The molecule has 1 unspecified atom stereocenters. The predicted octanol–water partition coefficient (Wildman–Crippen LogP) is 2.43. The number of rotatable bonds is 6. The Morgan fingerprint density at radius 1 is 1.23 bits per heavy atom. The van der Waals surface area contributed by atoms with Gasteiger partial charge >= 0.3 is 0 Å². The first kappa shape index (κ1) is 20.5. The van der Waals surface area contributed by atoms with Gasteiger partial charge in [-0.2, -0.15) is 5.10 Å². The van der Waals surface area contributed by atoms with Gasteiger partial charge in [0.15, 0.2) is 5.13 Å². The summed E-state index contributed by atoms with van der Waals surface area (Å²) in [5.74, 6) is -0.0800. The number of carbonyl (C=O) groups excluding carboxylic acids is 2. The van der Waals surface area contributed by atoms with Gasteiger partial charge in [0.2, 0.25) is 5.91 Å². The first-order valence-corrected chi connectivity index (χ1v) is 11.1. The molecule has 0 spiro atoms. The van der Waals surface area contributed by atoms with E-state index in [4.69, 9.17) is 5.73 Å². The predicted molar refractivity (Wildman–Crippen MR) is 118 cm³/mol. The van der Waals surface area contributed by atoms with Crippen LogP contribution >= 0.6 is 11.3 Å². The van der Waals surface area contributed by atoms with E-state index in [0.29, 0.717) is 5.13 Å². The lowest BCUT2D eigenvalue weighted by Gasteiger charge is -2.29. The third-order valence-corrected chi connectivity index (χ3v) is 6.36. The first-order chi connectivity index (χ1) is 14.5. The second-order valence-electron chi connectivity index (χ2n) is 7.91. The fourth-order valence-electron chi connectivity index (χ4n) is 3.74. The number of aromatic nitrogens is 1. The molecular formula is C21H26N6O2S. The molecular weight excluding hydrogens is 400 g/mol. The molecule has 0 aliphatic carbocycles. The minimum Gasteiger partial charge on any atom is -0.368 e. The molecule has 8 nitrogen and oxygen atoms in total. The summed E-state index contributed by atoms with van der Waals surface area (Å²) < 4.78 is 0. The zero-order valence-corrected chi connectivity index (χ0v) is 17.8. The van der Waals surface area contributed by atoms with Crippen molar-refractivity contribution >= 4 is 39.7 Å². The number of carbonyl (C=O) groups is 2. The van der Waals surface area contributed by atoms with Gasteiger partial charge in [-0.3, -0.25) is 24.8 Å². The number of benzene rings is 1. The van der Waals surface area contributed by atoms with Crippen LogP contribution in [0.15, 0.2) is 40.8 Å². The van der Waals surface area contributed by atoms with Crippen molar-refractivity contribution in [2.45, 2.75) is 38.8 Å². The van der Waals surface area contributed by atoms with Crippen molar-refractivity contribution in [2.75, 3.05) is 23.4 Å². The van der Waals surface area contributed by atoms with Crippen LogP contribution in [0.1, 0.15) is 31.9 Å². The number of likely N-dealkylation sites (tertiary alicyclic amines) is 1. The average Bonchev–Trinajstić information content (AvgIpc) is 3.38. The van der Waals surface area contributed by atoms with Crippen molar-refractivity contribution in [1.82, 2.24) is 9.88 Å². The van der Waals surface area contributed by atoms with Crippen LogP contribution in [0.25, 0.3) is 0 Å². The van der Waals surface area contributed by atoms with Crippen LogP contribution in [0.2, 0.25) is 0 Å². The normalized spacial score (nSPS) is 20.2. The van der Waals surface area contributed by atoms with E-state index in [9.17, 15) is 9.59 Å². The molecule has 1 aromatic carbocycles. The molecule has 30 heavy (non-hydrogen) atoms. The molecule has 0 radical (unpaired) electrons. The minimum absolute atomic E-state index is 0.167. The molecule has 0 saturated carbocycles. The summed E-state index contributed by atoms with van der Waals surface area (Å²) in [4.78, 5) is 31.6. The first-order valence-electron chi connectivity index (χ1n) is 10.2. The Hall–Kier alpha value is -2.78. The summed E-state index contributed by atoms with van der Waals surface area (Å²) in [5, 5.41) is 11.2. The second-order valence-corrected chi connectivity index (χ2v) is 8.76. The summed E-state index contributed by atoms with van der Waals surface area (Å²) in [5.41, 5.74) is 7.49. The van der Waals surface area contributed by atoms with E-state index in [-0.39, 0.29) is 18.0 Å². The number of amides is 2. The summed E-state index contributed by atoms with van der Waals surface area (Å²) in [6.45, 7) is 5.26. The highest BCUT2D eigenvalue weighted by atomic mass is 32.1. The summed E-state index contributed by atoms with van der Waals surface area (Å²) >= 11 is 1.40. The van der Waals surface area contributed by atoms with Crippen molar-refractivity contribution in [1.29, 1.82) is 0 Å². The van der Waals surface area contributed by atoms with E-state index in [1.165, 1.54) is 29.2 Å². The Morgan fingerprint density at radius 3 is 2.67 bits per heavy atom. The average molecular weight is 427 g/mol. The van der Waals surface area contributed by atoms with Crippen molar-refractivity contribution in [2.24, 2.45) is 16.8 Å². The quantitative estimate of drug-likeness (QED) is 0.738. The lowest BCUT2D eigenvalue weighted by Crippen LogP contribution is -2.39. The Bertz CT molecular complexity index is 936. The number of piperidine rings is 1. The summed E-state index contributed by atoms with van der Waals surface area (Å²) in [7, 11) is 0. The number of nitrogens with zero attached hydrogens (tertiary/aromatic N) is 4. The Morgan fingerprint density at radius 2 is 1.97 bits per heavy atom. The third-order valence-electron chi connectivity index (χ3n) is 5.56. The number of primary amides is 1. The van der Waals surface area contributed by atoms with Crippen molar-refractivity contribution in [3.63, 3.8) is 0 Å². The van der Waals surface area contributed by atoms with E-state index in [1.54, 1.807) is 0 Å². The van der Waals surface area contributed by atoms with Gasteiger partial charge in [-0.05, 0) is 44.0 Å². The lowest BCUT2D eigenvalue weighted by atomic mass is 9.99. The zero-order chi connectivity index (χ0) is 21.1. The smallest absolute Gasteiger partial charge is 0.273 e. The highest BCUT2D eigenvalue weighted by Crippen LogP contribution is 2.25. The number of para-hydroxylation sites is 1. The van der Waals surface area contributed by atoms with Crippen LogP contribution in [0, 0.1) is 5.92 Å². The van der Waals surface area contributed by atoms with Crippen molar-refractivity contribution in [3.8, 4) is 0 Å². The highest BCUT2D eigenvalue weighted by Gasteiger charge is 2.35. The van der Waals surface area contributed by atoms with Gasteiger partial charge in [0, 0.05) is 18.3 Å². The maximum absolute atomic E-state index is 12.7. The Kier molecular flexibility index (Phi) is 6.10. The maximum Gasteiger partial charge on any atom is 0.273 e. The molecule has 2 aliphatic rings. The SMILES string of the molecule is CC1CCN(Cc2csc(NC(=O)C3=NN(c4ccccc4)C(C(N)=O)C3)n2)CC1. The van der Waals surface area contributed by atoms with Crippen molar-refractivity contribution in [3.05, 3.63) is 41.4 Å². The van der Waals surface area contributed by atoms with E-state index in [1.807, 2.05) is 35.7 Å². The molecule has 1 aromatic heterocycles. The van der Waals surface area contributed by atoms with E-state index in [0.717, 1.165) is 36.9 Å². The minimum atomic E-state index is -0.679. The number of hydrogen-bond acceptors (Lipinski definition) is 7.